The average Bonchev–Trinajstić information content (AvgIpc) is 2.38. The van der Waals surface area contributed by atoms with Crippen LogP contribution in [0.3, 0.4) is 0 Å². The van der Waals surface area contributed by atoms with Crippen LogP contribution in [0.5, 0.6) is 0 Å². The van der Waals surface area contributed by atoms with Crippen molar-refractivity contribution >= 4 is 34.2 Å². The van der Waals surface area contributed by atoms with Gasteiger partial charge in [0.2, 0.25) is 5.91 Å². The highest BCUT2D eigenvalue weighted by molar-refractivity contribution is 14.1. The van der Waals surface area contributed by atoms with Crippen LogP contribution in [0.15, 0.2) is 54.6 Å². The molecule has 0 saturated heterocycles. The molecule has 0 heterocycles. The van der Waals surface area contributed by atoms with Crippen LogP contribution in [0.2, 0.25) is 0 Å². The number of benzene rings is 2. The van der Waals surface area contributed by atoms with E-state index < -0.39 is 0 Å². The zero-order valence-electron chi connectivity index (χ0n) is 9.90. The number of aryl methyl sites for hydroxylation is 1. The Morgan fingerprint density at radius 3 is 2.56 bits per heavy atom. The fraction of sp³-hybridized carbons (Fsp3) is 0.133. The lowest BCUT2D eigenvalue weighted by molar-refractivity contribution is -0.116. The SMILES string of the molecule is O=C(CCc1ccccc1)Nc1cccc(I)c1. The van der Waals surface area contributed by atoms with Crippen LogP contribution in [-0.4, -0.2) is 5.91 Å². The molecule has 3 heteroatoms. The summed E-state index contributed by atoms with van der Waals surface area (Å²) in [5, 5.41) is 2.91. The number of carbonyl (C=O) groups excluding carboxylic acids is 1. The first-order valence-electron chi connectivity index (χ1n) is 5.83. The number of nitrogens with one attached hydrogen (secondary N) is 1. The van der Waals surface area contributed by atoms with E-state index in [2.05, 4.69) is 27.9 Å². The van der Waals surface area contributed by atoms with Crippen LogP contribution in [0.1, 0.15) is 12.0 Å². The molecule has 1 N–H and O–H groups in total. The molecule has 1 amide bonds. The summed E-state index contributed by atoms with van der Waals surface area (Å²) in [5.74, 6) is 0.0563. The second kappa shape index (κ2) is 6.54. The molecule has 0 unspecified atom stereocenters. The summed E-state index contributed by atoms with van der Waals surface area (Å²) in [6, 6.07) is 17.9. The smallest absolute Gasteiger partial charge is 0.224 e. The molecule has 2 aromatic rings. The lowest BCUT2D eigenvalue weighted by Crippen LogP contribution is -2.12. The summed E-state index contributed by atoms with van der Waals surface area (Å²) in [4.78, 5) is 11.8. The van der Waals surface area contributed by atoms with Gasteiger partial charge in [0, 0.05) is 15.7 Å². The Morgan fingerprint density at radius 2 is 1.83 bits per heavy atom. The Balaban J connectivity index is 1.86. The first-order chi connectivity index (χ1) is 8.74. The van der Waals surface area contributed by atoms with Gasteiger partial charge in [-0.15, -0.1) is 0 Å². The van der Waals surface area contributed by atoms with Gasteiger partial charge in [-0.2, -0.15) is 0 Å². The molecule has 0 radical (unpaired) electrons. The number of halogens is 1. The third-order valence-corrected chi connectivity index (χ3v) is 3.26. The fourth-order valence-corrected chi connectivity index (χ4v) is 2.24. The van der Waals surface area contributed by atoms with Gasteiger partial charge >= 0.3 is 0 Å². The minimum Gasteiger partial charge on any atom is -0.326 e. The van der Waals surface area contributed by atoms with Gasteiger partial charge in [-0.1, -0.05) is 36.4 Å². The summed E-state index contributed by atoms with van der Waals surface area (Å²) >= 11 is 2.23. The zero-order valence-corrected chi connectivity index (χ0v) is 12.1. The van der Waals surface area contributed by atoms with Crippen molar-refractivity contribution in [1.29, 1.82) is 0 Å². The van der Waals surface area contributed by atoms with Gasteiger partial charge in [0.1, 0.15) is 0 Å². The fourth-order valence-electron chi connectivity index (χ4n) is 1.69. The van der Waals surface area contributed by atoms with E-state index in [1.165, 1.54) is 5.56 Å². The molecular weight excluding hydrogens is 337 g/mol. The van der Waals surface area contributed by atoms with Gasteiger partial charge in [-0.05, 0) is 52.8 Å². The van der Waals surface area contributed by atoms with E-state index in [9.17, 15) is 4.79 Å². The molecule has 0 aromatic heterocycles. The second-order valence-corrected chi connectivity index (χ2v) is 5.29. The lowest BCUT2D eigenvalue weighted by atomic mass is 10.1. The third-order valence-electron chi connectivity index (χ3n) is 2.59. The van der Waals surface area contributed by atoms with Crippen molar-refractivity contribution in [2.45, 2.75) is 12.8 Å². The maximum atomic E-state index is 11.8. The first kappa shape index (κ1) is 13.1. The molecule has 0 aliphatic carbocycles. The molecule has 92 valence electrons. The standard InChI is InChI=1S/C15H14INO/c16-13-7-4-8-14(11-13)17-15(18)10-9-12-5-2-1-3-6-12/h1-8,11H,9-10H2,(H,17,18). The van der Waals surface area contributed by atoms with E-state index in [-0.39, 0.29) is 5.91 Å². The van der Waals surface area contributed by atoms with Crippen molar-refractivity contribution in [3.05, 3.63) is 63.7 Å². The molecule has 2 aromatic carbocycles. The van der Waals surface area contributed by atoms with E-state index in [4.69, 9.17) is 0 Å². The molecule has 0 atom stereocenters. The second-order valence-electron chi connectivity index (χ2n) is 4.04. The van der Waals surface area contributed by atoms with Crippen LogP contribution in [0, 0.1) is 3.57 Å². The van der Waals surface area contributed by atoms with Gasteiger partial charge in [0.25, 0.3) is 0 Å². The Labute approximate surface area is 121 Å². The monoisotopic (exact) mass is 351 g/mol. The molecule has 0 bridgehead atoms. The third kappa shape index (κ3) is 4.14. The van der Waals surface area contributed by atoms with Crippen molar-refractivity contribution in [3.8, 4) is 0 Å². The molecular formula is C15H14INO. The highest BCUT2D eigenvalue weighted by Gasteiger charge is 2.03. The minimum absolute atomic E-state index is 0.0563. The molecule has 2 nitrogen and oxygen atoms in total. The van der Waals surface area contributed by atoms with Crippen LogP contribution >= 0.6 is 22.6 Å². The number of rotatable bonds is 4. The van der Waals surface area contributed by atoms with Gasteiger partial charge in [0.05, 0.1) is 0 Å². The average molecular weight is 351 g/mol. The Morgan fingerprint density at radius 1 is 1.06 bits per heavy atom. The number of amides is 1. The number of hydrogen-bond acceptors (Lipinski definition) is 1. The van der Waals surface area contributed by atoms with Crippen molar-refractivity contribution in [2.24, 2.45) is 0 Å². The van der Waals surface area contributed by atoms with Gasteiger partial charge in [-0.25, -0.2) is 0 Å². The van der Waals surface area contributed by atoms with Crippen molar-refractivity contribution in [3.63, 3.8) is 0 Å². The van der Waals surface area contributed by atoms with Crippen LogP contribution < -0.4 is 5.32 Å². The van der Waals surface area contributed by atoms with Gasteiger partial charge < -0.3 is 5.32 Å². The summed E-state index contributed by atoms with van der Waals surface area (Å²) in [6.45, 7) is 0. The summed E-state index contributed by atoms with van der Waals surface area (Å²) in [6.07, 6.45) is 1.28. The molecule has 2 rings (SSSR count). The Bertz CT molecular complexity index is 525. The maximum absolute atomic E-state index is 11.8. The van der Waals surface area contributed by atoms with Gasteiger partial charge in [0.15, 0.2) is 0 Å². The highest BCUT2D eigenvalue weighted by Crippen LogP contribution is 2.13. The molecule has 0 spiro atoms. The van der Waals surface area contributed by atoms with Crippen molar-refractivity contribution < 1.29 is 4.79 Å². The normalized spacial score (nSPS) is 10.1. The van der Waals surface area contributed by atoms with Gasteiger partial charge in [-0.3, -0.25) is 4.79 Å². The van der Waals surface area contributed by atoms with E-state index in [1.807, 2.05) is 54.6 Å². The largest absolute Gasteiger partial charge is 0.326 e. The number of hydrogen-bond donors (Lipinski definition) is 1. The Hall–Kier alpha value is -1.36. The quantitative estimate of drug-likeness (QED) is 0.833. The summed E-state index contributed by atoms with van der Waals surface area (Å²) < 4.78 is 1.12. The van der Waals surface area contributed by atoms with E-state index in [0.29, 0.717) is 6.42 Å². The molecule has 0 fully saturated rings. The molecule has 0 aliphatic rings. The van der Waals surface area contributed by atoms with E-state index in [0.717, 1.165) is 15.7 Å². The van der Waals surface area contributed by atoms with Crippen LogP contribution in [0.25, 0.3) is 0 Å². The maximum Gasteiger partial charge on any atom is 0.224 e. The molecule has 0 aliphatic heterocycles. The van der Waals surface area contributed by atoms with Crippen molar-refractivity contribution in [2.75, 3.05) is 5.32 Å². The van der Waals surface area contributed by atoms with Crippen molar-refractivity contribution in [1.82, 2.24) is 0 Å². The highest BCUT2D eigenvalue weighted by atomic mass is 127. The molecule has 18 heavy (non-hydrogen) atoms. The first-order valence-corrected chi connectivity index (χ1v) is 6.91. The zero-order chi connectivity index (χ0) is 12.8. The lowest BCUT2D eigenvalue weighted by Gasteiger charge is -2.05. The predicted molar refractivity (Wildman–Crippen MR) is 82.6 cm³/mol. The van der Waals surface area contributed by atoms with E-state index >= 15 is 0 Å². The van der Waals surface area contributed by atoms with E-state index in [1.54, 1.807) is 0 Å². The Kier molecular flexibility index (Phi) is 4.75. The topological polar surface area (TPSA) is 29.1 Å². The summed E-state index contributed by atoms with van der Waals surface area (Å²) in [7, 11) is 0. The minimum atomic E-state index is 0.0563. The van der Waals surface area contributed by atoms with Crippen LogP contribution in [0.4, 0.5) is 5.69 Å². The number of carbonyl (C=O) groups is 1. The predicted octanol–water partition coefficient (Wildman–Crippen LogP) is 3.86. The number of anilines is 1. The van der Waals surface area contributed by atoms with Crippen LogP contribution in [-0.2, 0) is 11.2 Å². The molecule has 0 saturated carbocycles. The summed E-state index contributed by atoms with van der Waals surface area (Å²) in [5.41, 5.74) is 2.05.